The molecular weight excluding hydrogens is 206 g/mol. The normalized spacial score (nSPS) is 10.2. The number of hydrogen-bond donors (Lipinski definition) is 0. The van der Waals surface area contributed by atoms with Crippen LogP contribution in [0, 0.1) is 10.1 Å². The molecule has 0 saturated heterocycles. The molecule has 1 aromatic heterocycles. The van der Waals surface area contributed by atoms with Crippen molar-refractivity contribution in [3.8, 4) is 0 Å². The molecule has 16 heavy (non-hydrogen) atoms. The van der Waals surface area contributed by atoms with E-state index in [1.807, 2.05) is 18.3 Å². The van der Waals surface area contributed by atoms with Crippen LogP contribution in [0.1, 0.15) is 5.56 Å². The van der Waals surface area contributed by atoms with Crippen LogP contribution in [0.4, 0.5) is 5.69 Å². The molecule has 0 N–H and O–H groups in total. The fraction of sp³-hybridized carbons (Fsp3) is 0.182. The quantitative estimate of drug-likeness (QED) is 0.581. The van der Waals surface area contributed by atoms with Crippen molar-refractivity contribution in [2.75, 3.05) is 0 Å². The number of rotatable bonds is 4. The van der Waals surface area contributed by atoms with Gasteiger partial charge in [-0.1, -0.05) is 18.2 Å². The molecule has 2 rings (SSSR count). The zero-order chi connectivity index (χ0) is 11.4. The Morgan fingerprint density at radius 1 is 1.31 bits per heavy atom. The van der Waals surface area contributed by atoms with Crippen LogP contribution in [-0.4, -0.2) is 14.7 Å². The second-order valence-electron chi connectivity index (χ2n) is 3.40. The molecule has 0 aliphatic heterocycles. The van der Waals surface area contributed by atoms with Gasteiger partial charge in [0.15, 0.2) is 0 Å². The molecule has 2 aromatic rings. The highest BCUT2D eigenvalue weighted by Gasteiger charge is 2.11. The summed E-state index contributed by atoms with van der Waals surface area (Å²) in [4.78, 5) is 10.4. The Hall–Kier alpha value is -2.17. The van der Waals surface area contributed by atoms with Crippen LogP contribution in [0.15, 0.2) is 42.7 Å². The van der Waals surface area contributed by atoms with Crippen molar-refractivity contribution < 1.29 is 4.92 Å². The zero-order valence-electron chi connectivity index (χ0n) is 8.61. The average Bonchev–Trinajstić information content (AvgIpc) is 2.79. The Morgan fingerprint density at radius 3 is 2.81 bits per heavy atom. The molecule has 0 spiro atoms. The minimum Gasteiger partial charge on any atom is -0.272 e. The first-order valence-electron chi connectivity index (χ1n) is 4.97. The van der Waals surface area contributed by atoms with Crippen molar-refractivity contribution >= 4 is 5.69 Å². The van der Waals surface area contributed by atoms with Gasteiger partial charge in [0.05, 0.1) is 4.92 Å². The van der Waals surface area contributed by atoms with Crippen LogP contribution in [-0.2, 0) is 13.0 Å². The standard InChI is InChI=1S/C11H11N3O2/c15-14(16)11-5-2-1-4-10(11)6-9-13-8-3-7-12-13/h1-5,7-8H,6,9H2. The lowest BCUT2D eigenvalue weighted by atomic mass is 10.1. The molecule has 0 aliphatic carbocycles. The van der Waals surface area contributed by atoms with Crippen LogP contribution in [0.2, 0.25) is 0 Å². The number of hydrogen-bond acceptors (Lipinski definition) is 3. The molecule has 1 aromatic carbocycles. The summed E-state index contributed by atoms with van der Waals surface area (Å²) in [5.41, 5.74) is 0.914. The average molecular weight is 217 g/mol. The molecule has 0 atom stereocenters. The summed E-state index contributed by atoms with van der Waals surface area (Å²) >= 11 is 0. The van der Waals surface area contributed by atoms with Crippen LogP contribution < -0.4 is 0 Å². The van der Waals surface area contributed by atoms with Gasteiger partial charge in [-0.3, -0.25) is 14.8 Å². The van der Waals surface area contributed by atoms with Crippen molar-refractivity contribution in [2.24, 2.45) is 0 Å². The minimum atomic E-state index is -0.349. The largest absolute Gasteiger partial charge is 0.272 e. The van der Waals surface area contributed by atoms with Gasteiger partial charge in [-0.2, -0.15) is 5.10 Å². The number of nitro groups is 1. The van der Waals surface area contributed by atoms with Crippen LogP contribution in [0.5, 0.6) is 0 Å². The van der Waals surface area contributed by atoms with E-state index in [0.717, 1.165) is 5.56 Å². The third-order valence-corrected chi connectivity index (χ3v) is 2.36. The van der Waals surface area contributed by atoms with Crippen LogP contribution >= 0.6 is 0 Å². The van der Waals surface area contributed by atoms with Crippen molar-refractivity contribution in [1.82, 2.24) is 9.78 Å². The van der Waals surface area contributed by atoms with Gasteiger partial charge in [0.25, 0.3) is 5.69 Å². The van der Waals surface area contributed by atoms with E-state index in [1.165, 1.54) is 6.07 Å². The molecule has 0 saturated carbocycles. The highest BCUT2D eigenvalue weighted by atomic mass is 16.6. The van der Waals surface area contributed by atoms with E-state index >= 15 is 0 Å². The van der Waals surface area contributed by atoms with E-state index in [1.54, 1.807) is 23.0 Å². The first-order valence-corrected chi connectivity index (χ1v) is 4.97. The predicted octanol–water partition coefficient (Wildman–Crippen LogP) is 2.03. The molecule has 0 unspecified atom stereocenters. The van der Waals surface area contributed by atoms with Crippen LogP contribution in [0.25, 0.3) is 0 Å². The Balaban J connectivity index is 2.12. The summed E-state index contributed by atoms with van der Waals surface area (Å²) in [6.45, 7) is 0.651. The van der Waals surface area contributed by atoms with Gasteiger partial charge in [0.1, 0.15) is 0 Å². The van der Waals surface area contributed by atoms with Gasteiger partial charge in [-0.05, 0) is 12.5 Å². The maximum Gasteiger partial charge on any atom is 0.272 e. The third-order valence-electron chi connectivity index (χ3n) is 2.36. The summed E-state index contributed by atoms with van der Waals surface area (Å²) < 4.78 is 1.76. The van der Waals surface area contributed by atoms with Gasteiger partial charge in [0.2, 0.25) is 0 Å². The molecule has 0 amide bonds. The van der Waals surface area contributed by atoms with Crippen molar-refractivity contribution in [3.63, 3.8) is 0 Å². The Labute approximate surface area is 92.5 Å². The van der Waals surface area contributed by atoms with Crippen molar-refractivity contribution in [3.05, 3.63) is 58.4 Å². The summed E-state index contributed by atoms with van der Waals surface area (Å²) in [6, 6.07) is 8.63. The summed E-state index contributed by atoms with van der Waals surface area (Å²) in [7, 11) is 0. The van der Waals surface area contributed by atoms with Gasteiger partial charge >= 0.3 is 0 Å². The molecule has 5 nitrogen and oxygen atoms in total. The van der Waals surface area contributed by atoms with E-state index in [9.17, 15) is 10.1 Å². The smallest absolute Gasteiger partial charge is 0.272 e. The second-order valence-corrected chi connectivity index (χ2v) is 3.40. The highest BCUT2D eigenvalue weighted by Crippen LogP contribution is 2.18. The monoisotopic (exact) mass is 217 g/mol. The first kappa shape index (κ1) is 10.4. The lowest BCUT2D eigenvalue weighted by molar-refractivity contribution is -0.385. The molecule has 5 heteroatoms. The maximum absolute atomic E-state index is 10.8. The van der Waals surface area contributed by atoms with Crippen molar-refractivity contribution in [2.45, 2.75) is 13.0 Å². The molecule has 0 fully saturated rings. The molecule has 0 radical (unpaired) electrons. The van der Waals surface area contributed by atoms with Crippen molar-refractivity contribution in [1.29, 1.82) is 0 Å². The summed E-state index contributed by atoms with van der Waals surface area (Å²) in [5, 5.41) is 14.8. The number of para-hydroxylation sites is 1. The fourth-order valence-corrected chi connectivity index (χ4v) is 1.57. The summed E-state index contributed by atoms with van der Waals surface area (Å²) in [6.07, 6.45) is 4.15. The second kappa shape index (κ2) is 4.57. The predicted molar refractivity (Wildman–Crippen MR) is 59.0 cm³/mol. The number of benzene rings is 1. The maximum atomic E-state index is 10.8. The SMILES string of the molecule is O=[N+]([O-])c1ccccc1CCn1cccn1. The molecule has 0 aliphatic rings. The molecule has 1 heterocycles. The van der Waals surface area contributed by atoms with Gasteiger partial charge < -0.3 is 0 Å². The number of aromatic nitrogens is 2. The van der Waals surface area contributed by atoms with Gasteiger partial charge in [-0.15, -0.1) is 0 Å². The topological polar surface area (TPSA) is 61.0 Å². The Kier molecular flexibility index (Phi) is 2.95. The lowest BCUT2D eigenvalue weighted by Crippen LogP contribution is -2.03. The van der Waals surface area contributed by atoms with E-state index in [4.69, 9.17) is 0 Å². The minimum absolute atomic E-state index is 0.176. The van der Waals surface area contributed by atoms with E-state index in [2.05, 4.69) is 5.10 Å². The molecule has 82 valence electrons. The number of aryl methyl sites for hydroxylation is 2. The fourth-order valence-electron chi connectivity index (χ4n) is 1.57. The number of nitro benzene ring substituents is 1. The Morgan fingerprint density at radius 2 is 2.12 bits per heavy atom. The summed E-state index contributed by atoms with van der Waals surface area (Å²) in [5.74, 6) is 0. The van der Waals surface area contributed by atoms with E-state index in [0.29, 0.717) is 13.0 Å². The highest BCUT2D eigenvalue weighted by molar-refractivity contribution is 5.39. The van der Waals surface area contributed by atoms with E-state index < -0.39 is 0 Å². The van der Waals surface area contributed by atoms with Gasteiger partial charge in [0, 0.05) is 30.6 Å². The molecular formula is C11H11N3O2. The zero-order valence-corrected chi connectivity index (χ0v) is 8.61. The lowest BCUT2D eigenvalue weighted by Gasteiger charge is -2.02. The number of nitrogens with zero attached hydrogens (tertiary/aromatic N) is 3. The first-order chi connectivity index (χ1) is 7.77. The van der Waals surface area contributed by atoms with Gasteiger partial charge in [-0.25, -0.2) is 0 Å². The van der Waals surface area contributed by atoms with E-state index in [-0.39, 0.29) is 10.6 Å². The third kappa shape index (κ3) is 2.25. The molecule has 0 bridgehead atoms. The van der Waals surface area contributed by atoms with Crippen LogP contribution in [0.3, 0.4) is 0 Å². The Bertz CT molecular complexity index is 480.